The van der Waals surface area contributed by atoms with E-state index in [9.17, 15) is 14.3 Å². The summed E-state index contributed by atoms with van der Waals surface area (Å²) in [4.78, 5) is 22.4. The molecule has 0 aliphatic carbocycles. The standard InChI is InChI=1S/C25H17FN2O3S2/c1-25(30,21-4-2-3-11-27-21)22-14-28-24(33-22)32-17-9-10-18-19(13-23(29)31-20(18)12-17)15-5-7-16(26)8-6-15/h2-14,30H,1H3. The van der Waals surface area contributed by atoms with E-state index in [1.807, 2.05) is 18.2 Å². The van der Waals surface area contributed by atoms with Crippen LogP contribution in [-0.4, -0.2) is 15.1 Å². The second-order valence-corrected chi connectivity index (χ2v) is 9.87. The zero-order chi connectivity index (χ0) is 23.0. The van der Waals surface area contributed by atoms with E-state index in [1.165, 1.54) is 41.3 Å². The SMILES string of the molecule is CC(O)(c1ccccn1)c1cnc(Sc2ccc3c(-c4ccc(F)cc4)cc(=O)oc3c2)s1. The normalized spacial score (nSPS) is 13.2. The van der Waals surface area contributed by atoms with Gasteiger partial charge in [-0.2, -0.15) is 0 Å². The Kier molecular flexibility index (Phi) is 5.57. The van der Waals surface area contributed by atoms with Gasteiger partial charge in [-0.1, -0.05) is 30.0 Å². The van der Waals surface area contributed by atoms with Gasteiger partial charge >= 0.3 is 5.63 Å². The summed E-state index contributed by atoms with van der Waals surface area (Å²) >= 11 is 2.78. The minimum absolute atomic E-state index is 0.338. The molecule has 0 aliphatic rings. The highest BCUT2D eigenvalue weighted by Crippen LogP contribution is 2.39. The Balaban J connectivity index is 1.46. The van der Waals surface area contributed by atoms with Crippen LogP contribution in [0.25, 0.3) is 22.1 Å². The fraction of sp³-hybridized carbons (Fsp3) is 0.0800. The first-order valence-electron chi connectivity index (χ1n) is 10.0. The molecule has 164 valence electrons. The molecule has 0 amide bonds. The highest BCUT2D eigenvalue weighted by atomic mass is 32.2. The monoisotopic (exact) mass is 476 g/mol. The van der Waals surface area contributed by atoms with Gasteiger partial charge in [-0.05, 0) is 60.5 Å². The van der Waals surface area contributed by atoms with Gasteiger partial charge in [0, 0.05) is 28.7 Å². The third-order valence-corrected chi connectivity index (χ3v) is 7.48. The third kappa shape index (κ3) is 4.32. The number of hydrogen-bond donors (Lipinski definition) is 1. The first-order chi connectivity index (χ1) is 15.9. The number of hydrogen-bond acceptors (Lipinski definition) is 7. The second-order valence-electron chi connectivity index (χ2n) is 7.52. The summed E-state index contributed by atoms with van der Waals surface area (Å²) in [6.07, 6.45) is 3.29. The van der Waals surface area contributed by atoms with Crippen molar-refractivity contribution >= 4 is 34.1 Å². The summed E-state index contributed by atoms with van der Waals surface area (Å²) in [6, 6.07) is 18.4. The predicted molar refractivity (Wildman–Crippen MR) is 127 cm³/mol. The largest absolute Gasteiger partial charge is 0.423 e. The van der Waals surface area contributed by atoms with Crippen molar-refractivity contribution in [2.45, 2.75) is 21.8 Å². The minimum atomic E-state index is -1.25. The van der Waals surface area contributed by atoms with Crippen LogP contribution in [0.4, 0.5) is 4.39 Å². The van der Waals surface area contributed by atoms with Crippen molar-refractivity contribution in [3.05, 3.63) is 106 Å². The van der Waals surface area contributed by atoms with E-state index in [4.69, 9.17) is 4.42 Å². The molecule has 1 atom stereocenters. The van der Waals surface area contributed by atoms with Gasteiger partial charge in [0.2, 0.25) is 0 Å². The van der Waals surface area contributed by atoms with Crippen LogP contribution in [-0.2, 0) is 5.60 Å². The first-order valence-corrected chi connectivity index (χ1v) is 11.7. The van der Waals surface area contributed by atoms with Gasteiger partial charge in [-0.3, -0.25) is 4.98 Å². The van der Waals surface area contributed by atoms with E-state index >= 15 is 0 Å². The third-order valence-electron chi connectivity index (χ3n) is 5.20. The molecule has 0 saturated heterocycles. The predicted octanol–water partition coefficient (Wildman–Crippen LogP) is 5.86. The number of fused-ring (bicyclic) bond motifs is 1. The number of benzene rings is 2. The Morgan fingerprint density at radius 2 is 1.88 bits per heavy atom. The van der Waals surface area contributed by atoms with E-state index < -0.39 is 11.2 Å². The lowest BCUT2D eigenvalue weighted by molar-refractivity contribution is 0.101. The van der Waals surface area contributed by atoms with Crippen LogP contribution in [0.3, 0.4) is 0 Å². The van der Waals surface area contributed by atoms with Crippen molar-refractivity contribution in [3.63, 3.8) is 0 Å². The maximum atomic E-state index is 13.3. The van der Waals surface area contributed by atoms with E-state index in [0.29, 0.717) is 21.7 Å². The Hall–Kier alpha value is -3.33. The van der Waals surface area contributed by atoms with Gasteiger partial charge in [0.25, 0.3) is 0 Å². The number of thiazole rings is 1. The molecular weight excluding hydrogens is 459 g/mol. The zero-order valence-electron chi connectivity index (χ0n) is 17.4. The van der Waals surface area contributed by atoms with Gasteiger partial charge < -0.3 is 9.52 Å². The molecule has 3 heterocycles. The maximum Gasteiger partial charge on any atom is 0.336 e. The molecule has 1 N–H and O–H groups in total. The summed E-state index contributed by atoms with van der Waals surface area (Å²) in [5.41, 5.74) is 0.664. The summed E-state index contributed by atoms with van der Waals surface area (Å²) in [5, 5.41) is 11.7. The van der Waals surface area contributed by atoms with Gasteiger partial charge in [0.15, 0.2) is 4.34 Å². The number of halogens is 1. The molecule has 0 aliphatic heterocycles. The molecule has 5 nitrogen and oxygen atoms in total. The van der Waals surface area contributed by atoms with Crippen molar-refractivity contribution in [1.82, 2.24) is 9.97 Å². The lowest BCUT2D eigenvalue weighted by atomic mass is 10.0. The van der Waals surface area contributed by atoms with Crippen LogP contribution in [0.5, 0.6) is 0 Å². The van der Waals surface area contributed by atoms with Crippen molar-refractivity contribution in [2.24, 2.45) is 0 Å². The van der Waals surface area contributed by atoms with Crippen molar-refractivity contribution in [3.8, 4) is 11.1 Å². The van der Waals surface area contributed by atoms with Gasteiger partial charge in [0.05, 0.1) is 10.6 Å². The molecule has 5 aromatic rings. The van der Waals surface area contributed by atoms with Gasteiger partial charge in [-0.15, -0.1) is 11.3 Å². The minimum Gasteiger partial charge on any atom is -0.423 e. The Bertz CT molecular complexity index is 1500. The molecule has 0 fully saturated rings. The zero-order valence-corrected chi connectivity index (χ0v) is 19.0. The molecule has 0 bridgehead atoms. The van der Waals surface area contributed by atoms with Gasteiger partial charge in [0.1, 0.15) is 17.0 Å². The van der Waals surface area contributed by atoms with E-state index in [-0.39, 0.29) is 5.82 Å². The maximum absolute atomic E-state index is 13.3. The van der Waals surface area contributed by atoms with Crippen LogP contribution in [0.15, 0.2) is 97.6 Å². The van der Waals surface area contributed by atoms with Crippen LogP contribution in [0.2, 0.25) is 0 Å². The van der Waals surface area contributed by atoms with Gasteiger partial charge in [-0.25, -0.2) is 14.2 Å². The summed E-state index contributed by atoms with van der Waals surface area (Å²) in [6.45, 7) is 1.69. The highest BCUT2D eigenvalue weighted by molar-refractivity contribution is 8.01. The van der Waals surface area contributed by atoms with Crippen molar-refractivity contribution in [2.75, 3.05) is 0 Å². The Morgan fingerprint density at radius 3 is 2.64 bits per heavy atom. The second kappa shape index (κ2) is 8.55. The fourth-order valence-corrected chi connectivity index (χ4v) is 5.52. The smallest absolute Gasteiger partial charge is 0.336 e. The lowest BCUT2D eigenvalue weighted by Crippen LogP contribution is -2.22. The summed E-state index contributed by atoms with van der Waals surface area (Å²) in [5.74, 6) is -0.338. The summed E-state index contributed by atoms with van der Waals surface area (Å²) < 4.78 is 19.5. The molecule has 0 saturated carbocycles. The molecule has 33 heavy (non-hydrogen) atoms. The molecule has 3 aromatic heterocycles. The molecule has 0 spiro atoms. The topological polar surface area (TPSA) is 76.2 Å². The average molecular weight is 477 g/mol. The Labute approximate surface area is 196 Å². The van der Waals surface area contributed by atoms with Crippen molar-refractivity contribution < 1.29 is 13.9 Å². The lowest BCUT2D eigenvalue weighted by Gasteiger charge is -2.20. The van der Waals surface area contributed by atoms with E-state index in [1.54, 1.807) is 49.6 Å². The molecule has 1 unspecified atom stereocenters. The van der Waals surface area contributed by atoms with Crippen LogP contribution < -0.4 is 5.63 Å². The Morgan fingerprint density at radius 1 is 1.06 bits per heavy atom. The fourth-order valence-electron chi connectivity index (χ4n) is 3.48. The highest BCUT2D eigenvalue weighted by Gasteiger charge is 2.29. The average Bonchev–Trinajstić information content (AvgIpc) is 3.29. The molecule has 2 aromatic carbocycles. The number of aliphatic hydroxyl groups is 1. The van der Waals surface area contributed by atoms with Crippen LogP contribution >= 0.6 is 23.1 Å². The number of aromatic nitrogens is 2. The van der Waals surface area contributed by atoms with Crippen LogP contribution in [0, 0.1) is 5.82 Å². The first kappa shape index (κ1) is 21.5. The van der Waals surface area contributed by atoms with Crippen LogP contribution in [0.1, 0.15) is 17.5 Å². The molecule has 8 heteroatoms. The molecule has 0 radical (unpaired) electrons. The van der Waals surface area contributed by atoms with Crippen molar-refractivity contribution in [1.29, 1.82) is 0 Å². The van der Waals surface area contributed by atoms with E-state index in [2.05, 4.69) is 9.97 Å². The number of nitrogens with zero attached hydrogens (tertiary/aromatic N) is 2. The quantitative estimate of drug-likeness (QED) is 0.320. The molecule has 5 rings (SSSR count). The number of pyridine rings is 1. The molecular formula is C25H17FN2O3S2. The number of rotatable bonds is 5. The van der Waals surface area contributed by atoms with E-state index in [0.717, 1.165) is 20.2 Å². The summed E-state index contributed by atoms with van der Waals surface area (Å²) in [7, 11) is 0.